The molecule has 0 unspecified atom stereocenters. The first-order valence-corrected chi connectivity index (χ1v) is 5.99. The quantitative estimate of drug-likeness (QED) is 0.751. The second kappa shape index (κ2) is 5.49. The Morgan fingerprint density at radius 3 is 2.67 bits per heavy atom. The van der Waals surface area contributed by atoms with E-state index in [1.54, 1.807) is 22.0 Å². The van der Waals surface area contributed by atoms with Gasteiger partial charge in [0.1, 0.15) is 12.4 Å². The summed E-state index contributed by atoms with van der Waals surface area (Å²) in [5.41, 5.74) is 1.25. The number of hydrogen-bond acceptors (Lipinski definition) is 1. The molecule has 1 heterocycles. The van der Waals surface area contributed by atoms with Crippen LogP contribution in [-0.2, 0) is 13.5 Å². The first-order valence-electron chi connectivity index (χ1n) is 5.99. The Labute approximate surface area is 107 Å². The molecular weight excluding hydrogens is 226 g/mol. The molecule has 4 heteroatoms. The van der Waals surface area contributed by atoms with Gasteiger partial charge in [-0.25, -0.2) is 9.36 Å². The number of aryl methyl sites for hydroxylation is 1. The van der Waals surface area contributed by atoms with Gasteiger partial charge in [-0.1, -0.05) is 30.3 Å². The van der Waals surface area contributed by atoms with Crippen LogP contribution in [0.4, 0.5) is 4.79 Å². The SMILES string of the molecule is CN(CCc1ccccc1)C(=O)n1cc[n+](C)c1. The third kappa shape index (κ3) is 2.97. The number of carbonyl (C=O) groups is 1. The van der Waals surface area contributed by atoms with Gasteiger partial charge in [0.25, 0.3) is 6.33 Å². The monoisotopic (exact) mass is 244 g/mol. The first kappa shape index (κ1) is 12.4. The maximum absolute atomic E-state index is 12.1. The number of amides is 1. The van der Waals surface area contributed by atoms with Crippen molar-refractivity contribution in [2.75, 3.05) is 13.6 Å². The van der Waals surface area contributed by atoms with E-state index in [-0.39, 0.29) is 6.03 Å². The molecule has 0 saturated carbocycles. The number of nitrogens with zero attached hydrogens (tertiary/aromatic N) is 3. The van der Waals surface area contributed by atoms with Gasteiger partial charge in [-0.2, -0.15) is 4.57 Å². The summed E-state index contributed by atoms with van der Waals surface area (Å²) in [5.74, 6) is 0. The highest BCUT2D eigenvalue weighted by molar-refractivity contribution is 5.76. The number of imidazole rings is 1. The van der Waals surface area contributed by atoms with E-state index >= 15 is 0 Å². The number of likely N-dealkylation sites (N-methyl/N-ethyl adjacent to an activating group) is 1. The fraction of sp³-hybridized carbons (Fsp3) is 0.286. The van der Waals surface area contributed by atoms with Gasteiger partial charge in [0, 0.05) is 13.6 Å². The van der Waals surface area contributed by atoms with Crippen LogP contribution < -0.4 is 4.57 Å². The number of benzene rings is 1. The molecule has 0 radical (unpaired) electrons. The first-order chi connectivity index (χ1) is 8.66. The van der Waals surface area contributed by atoms with E-state index in [4.69, 9.17) is 0 Å². The fourth-order valence-electron chi connectivity index (χ4n) is 1.80. The van der Waals surface area contributed by atoms with Crippen LogP contribution >= 0.6 is 0 Å². The Bertz CT molecular complexity index is 519. The molecule has 0 aliphatic rings. The molecule has 1 amide bonds. The summed E-state index contributed by atoms with van der Waals surface area (Å²) >= 11 is 0. The third-order valence-electron chi connectivity index (χ3n) is 2.90. The van der Waals surface area contributed by atoms with Crippen LogP contribution in [0.25, 0.3) is 0 Å². The summed E-state index contributed by atoms with van der Waals surface area (Å²) in [5, 5.41) is 0. The number of hydrogen-bond donors (Lipinski definition) is 0. The van der Waals surface area contributed by atoms with Crippen LogP contribution in [0.1, 0.15) is 5.56 Å². The predicted molar refractivity (Wildman–Crippen MR) is 69.2 cm³/mol. The van der Waals surface area contributed by atoms with Gasteiger partial charge in [0.15, 0.2) is 0 Å². The maximum Gasteiger partial charge on any atom is 0.415 e. The molecule has 0 aliphatic carbocycles. The summed E-state index contributed by atoms with van der Waals surface area (Å²) in [6.07, 6.45) is 6.25. The minimum atomic E-state index is -0.00784. The lowest BCUT2D eigenvalue weighted by Gasteiger charge is -2.13. The molecule has 0 aliphatic heterocycles. The molecule has 1 aromatic heterocycles. The Hall–Kier alpha value is -2.10. The molecule has 2 aromatic rings. The van der Waals surface area contributed by atoms with Crippen molar-refractivity contribution < 1.29 is 9.36 Å². The average Bonchev–Trinajstić information content (AvgIpc) is 2.83. The van der Waals surface area contributed by atoms with Gasteiger partial charge in [0.2, 0.25) is 0 Å². The lowest BCUT2D eigenvalue weighted by Crippen LogP contribution is -2.33. The maximum atomic E-state index is 12.1. The molecule has 0 fully saturated rings. The van der Waals surface area contributed by atoms with Gasteiger partial charge in [-0.15, -0.1) is 0 Å². The molecular formula is C14H18N3O+. The van der Waals surface area contributed by atoms with E-state index in [0.29, 0.717) is 6.54 Å². The zero-order valence-corrected chi connectivity index (χ0v) is 10.8. The minimum Gasteiger partial charge on any atom is -0.307 e. The van der Waals surface area contributed by atoms with Gasteiger partial charge < -0.3 is 4.90 Å². The summed E-state index contributed by atoms with van der Waals surface area (Å²) in [4.78, 5) is 13.8. The smallest absolute Gasteiger partial charge is 0.307 e. The van der Waals surface area contributed by atoms with Crippen LogP contribution in [-0.4, -0.2) is 29.1 Å². The minimum absolute atomic E-state index is 0.00784. The van der Waals surface area contributed by atoms with Crippen molar-refractivity contribution in [2.24, 2.45) is 7.05 Å². The van der Waals surface area contributed by atoms with Crippen molar-refractivity contribution in [1.29, 1.82) is 0 Å². The molecule has 4 nitrogen and oxygen atoms in total. The largest absolute Gasteiger partial charge is 0.415 e. The summed E-state index contributed by atoms with van der Waals surface area (Å²) in [7, 11) is 3.72. The van der Waals surface area contributed by atoms with Crippen LogP contribution in [0.2, 0.25) is 0 Å². The molecule has 94 valence electrons. The fourth-order valence-corrected chi connectivity index (χ4v) is 1.80. The molecule has 1 aromatic carbocycles. The molecule has 0 spiro atoms. The van der Waals surface area contributed by atoms with Crippen LogP contribution in [0, 0.1) is 0 Å². The molecule has 0 bridgehead atoms. The van der Waals surface area contributed by atoms with E-state index in [0.717, 1.165) is 6.42 Å². The van der Waals surface area contributed by atoms with E-state index in [9.17, 15) is 4.79 Å². The highest BCUT2D eigenvalue weighted by Gasteiger charge is 2.16. The zero-order valence-electron chi connectivity index (χ0n) is 10.8. The van der Waals surface area contributed by atoms with Crippen LogP contribution in [0.15, 0.2) is 49.1 Å². The molecule has 0 saturated heterocycles. The molecule has 0 N–H and O–H groups in total. The Balaban J connectivity index is 1.92. The number of aromatic nitrogens is 2. The van der Waals surface area contributed by atoms with Crippen molar-refractivity contribution in [2.45, 2.75) is 6.42 Å². The van der Waals surface area contributed by atoms with Crippen molar-refractivity contribution in [3.63, 3.8) is 0 Å². The lowest BCUT2D eigenvalue weighted by molar-refractivity contribution is -0.670. The van der Waals surface area contributed by atoms with Gasteiger partial charge in [-0.3, -0.25) is 0 Å². The highest BCUT2D eigenvalue weighted by Crippen LogP contribution is 2.01. The highest BCUT2D eigenvalue weighted by atomic mass is 16.2. The Morgan fingerprint density at radius 1 is 1.33 bits per heavy atom. The second-order valence-corrected chi connectivity index (χ2v) is 4.43. The van der Waals surface area contributed by atoms with Crippen LogP contribution in [0.5, 0.6) is 0 Å². The Morgan fingerprint density at radius 2 is 2.06 bits per heavy atom. The molecule has 0 atom stereocenters. The molecule has 2 rings (SSSR count). The zero-order chi connectivity index (χ0) is 13.0. The van der Waals surface area contributed by atoms with Gasteiger partial charge in [0.05, 0.1) is 7.05 Å². The van der Waals surface area contributed by atoms with Gasteiger partial charge >= 0.3 is 6.03 Å². The standard InChI is InChI=1S/C14H18N3O/c1-15-10-11-17(12-15)14(18)16(2)9-8-13-6-4-3-5-7-13/h3-7,10-12H,8-9H2,1-2H3/q+1. The van der Waals surface area contributed by atoms with Crippen molar-refractivity contribution >= 4 is 6.03 Å². The Kier molecular flexibility index (Phi) is 3.77. The topological polar surface area (TPSA) is 29.1 Å². The van der Waals surface area contributed by atoms with Gasteiger partial charge in [-0.05, 0) is 12.0 Å². The van der Waals surface area contributed by atoms with Crippen molar-refractivity contribution in [3.8, 4) is 0 Å². The molecule has 18 heavy (non-hydrogen) atoms. The normalized spacial score (nSPS) is 10.3. The second-order valence-electron chi connectivity index (χ2n) is 4.43. The summed E-state index contributed by atoms with van der Waals surface area (Å²) in [6, 6.07) is 10.2. The van der Waals surface area contributed by atoms with E-state index in [1.807, 2.05) is 43.1 Å². The summed E-state index contributed by atoms with van der Waals surface area (Å²) in [6.45, 7) is 0.713. The van der Waals surface area contributed by atoms with E-state index in [2.05, 4.69) is 12.1 Å². The number of rotatable bonds is 3. The van der Waals surface area contributed by atoms with E-state index in [1.165, 1.54) is 5.56 Å². The summed E-state index contributed by atoms with van der Waals surface area (Å²) < 4.78 is 3.44. The predicted octanol–water partition coefficient (Wildman–Crippen LogP) is 1.46. The lowest BCUT2D eigenvalue weighted by atomic mass is 10.1. The van der Waals surface area contributed by atoms with Crippen LogP contribution in [0.3, 0.4) is 0 Å². The number of carbonyl (C=O) groups excluding carboxylic acids is 1. The van der Waals surface area contributed by atoms with Crippen molar-refractivity contribution in [3.05, 3.63) is 54.6 Å². The third-order valence-corrected chi connectivity index (χ3v) is 2.90. The average molecular weight is 244 g/mol. The van der Waals surface area contributed by atoms with E-state index < -0.39 is 0 Å². The van der Waals surface area contributed by atoms with Crippen molar-refractivity contribution in [1.82, 2.24) is 9.47 Å².